The van der Waals surface area contributed by atoms with Gasteiger partial charge >= 0.3 is 6.09 Å². The summed E-state index contributed by atoms with van der Waals surface area (Å²) in [5.74, 6) is -0.188. The first-order chi connectivity index (χ1) is 7.13. The quantitative estimate of drug-likeness (QED) is 0.663. The lowest BCUT2D eigenvalue weighted by atomic mass is 10.4. The molecule has 1 rings (SSSR count). The molecule has 0 atom stereocenters. The van der Waals surface area contributed by atoms with Crippen molar-refractivity contribution in [2.45, 2.75) is 12.8 Å². The highest BCUT2D eigenvalue weighted by Crippen LogP contribution is 2.09. The van der Waals surface area contributed by atoms with Gasteiger partial charge < -0.3 is 15.1 Å². The van der Waals surface area contributed by atoms with E-state index in [1.807, 2.05) is 0 Å². The molecule has 15 heavy (non-hydrogen) atoms. The standard InChI is InChI=1S/C9H17N3O3/c1-10-8(13)7-11(2)15-9(14)12-5-3-4-6-12/h3-7H2,1-2H3,(H,10,13). The molecule has 0 aromatic rings. The molecule has 1 N–H and O–H groups in total. The molecule has 0 bridgehead atoms. The van der Waals surface area contributed by atoms with E-state index in [1.54, 1.807) is 19.0 Å². The Kier molecular flexibility index (Phi) is 4.36. The van der Waals surface area contributed by atoms with Crippen molar-refractivity contribution in [2.24, 2.45) is 0 Å². The van der Waals surface area contributed by atoms with Gasteiger partial charge in [-0.25, -0.2) is 4.79 Å². The molecule has 0 unspecified atom stereocenters. The summed E-state index contributed by atoms with van der Waals surface area (Å²) < 4.78 is 0. The minimum Gasteiger partial charge on any atom is -0.358 e. The molecular formula is C9H17N3O3. The number of carbonyl (C=O) groups excluding carboxylic acids is 2. The lowest BCUT2D eigenvalue weighted by molar-refractivity contribution is -0.135. The molecule has 0 aromatic carbocycles. The first kappa shape index (κ1) is 11.8. The van der Waals surface area contributed by atoms with E-state index >= 15 is 0 Å². The number of carbonyl (C=O) groups is 2. The number of hydrogen-bond acceptors (Lipinski definition) is 4. The van der Waals surface area contributed by atoms with Gasteiger partial charge in [-0.2, -0.15) is 0 Å². The first-order valence-electron chi connectivity index (χ1n) is 5.02. The molecule has 0 aromatic heterocycles. The second-order valence-corrected chi connectivity index (χ2v) is 3.51. The van der Waals surface area contributed by atoms with E-state index in [4.69, 9.17) is 4.84 Å². The Bertz CT molecular complexity index is 239. The molecular weight excluding hydrogens is 198 g/mol. The van der Waals surface area contributed by atoms with Gasteiger partial charge in [0.1, 0.15) is 6.54 Å². The Hall–Kier alpha value is -1.30. The van der Waals surface area contributed by atoms with Gasteiger partial charge in [0, 0.05) is 27.2 Å². The molecule has 0 aliphatic carbocycles. The zero-order valence-corrected chi connectivity index (χ0v) is 9.15. The summed E-state index contributed by atoms with van der Waals surface area (Å²) in [4.78, 5) is 29.0. The van der Waals surface area contributed by atoms with Gasteiger partial charge in [0.05, 0.1) is 0 Å². The SMILES string of the molecule is CNC(=O)CN(C)OC(=O)N1CCCC1. The summed E-state index contributed by atoms with van der Waals surface area (Å²) >= 11 is 0. The van der Waals surface area contributed by atoms with Crippen molar-refractivity contribution in [1.29, 1.82) is 0 Å². The zero-order chi connectivity index (χ0) is 11.3. The molecule has 0 radical (unpaired) electrons. The molecule has 1 saturated heterocycles. The van der Waals surface area contributed by atoms with Crippen LogP contribution in [0.5, 0.6) is 0 Å². The van der Waals surface area contributed by atoms with Crippen molar-refractivity contribution in [1.82, 2.24) is 15.3 Å². The van der Waals surface area contributed by atoms with Crippen LogP contribution in [0.4, 0.5) is 4.79 Å². The summed E-state index contributed by atoms with van der Waals surface area (Å²) in [7, 11) is 3.10. The first-order valence-corrected chi connectivity index (χ1v) is 5.02. The summed E-state index contributed by atoms with van der Waals surface area (Å²) in [5, 5.41) is 3.69. The predicted octanol–water partition coefficient (Wildman–Crippen LogP) is -0.188. The van der Waals surface area contributed by atoms with Gasteiger partial charge in [0.2, 0.25) is 5.91 Å². The van der Waals surface area contributed by atoms with Crippen LogP contribution in [0.15, 0.2) is 0 Å². The molecule has 6 nitrogen and oxygen atoms in total. The fourth-order valence-corrected chi connectivity index (χ4v) is 1.40. The third-order valence-corrected chi connectivity index (χ3v) is 2.24. The van der Waals surface area contributed by atoms with E-state index in [9.17, 15) is 9.59 Å². The number of amides is 2. The number of hydrogen-bond donors (Lipinski definition) is 1. The highest BCUT2D eigenvalue weighted by molar-refractivity contribution is 5.77. The molecule has 1 heterocycles. The molecule has 1 aliphatic rings. The Labute approximate surface area is 89.1 Å². The van der Waals surface area contributed by atoms with Gasteiger partial charge in [-0.05, 0) is 12.8 Å². The normalized spacial score (nSPS) is 15.5. The Morgan fingerprint density at radius 3 is 2.53 bits per heavy atom. The van der Waals surface area contributed by atoms with E-state index in [0.717, 1.165) is 25.9 Å². The Balaban J connectivity index is 2.27. The molecule has 1 fully saturated rings. The third kappa shape index (κ3) is 3.75. The number of likely N-dealkylation sites (tertiary alicyclic amines) is 1. The maximum atomic E-state index is 11.5. The van der Waals surface area contributed by atoms with Crippen LogP contribution in [-0.4, -0.2) is 55.7 Å². The largest absolute Gasteiger partial charge is 0.428 e. The van der Waals surface area contributed by atoms with Crippen molar-refractivity contribution < 1.29 is 14.4 Å². The fraction of sp³-hybridized carbons (Fsp3) is 0.778. The topological polar surface area (TPSA) is 61.9 Å². The monoisotopic (exact) mass is 215 g/mol. The number of rotatable bonds is 3. The minimum absolute atomic E-state index is 0.0517. The summed E-state index contributed by atoms with van der Waals surface area (Å²) in [6.07, 6.45) is 1.67. The highest BCUT2D eigenvalue weighted by atomic mass is 16.7. The van der Waals surface area contributed by atoms with Crippen LogP contribution in [0.3, 0.4) is 0 Å². The van der Waals surface area contributed by atoms with Gasteiger partial charge in [-0.3, -0.25) is 4.79 Å². The molecule has 86 valence electrons. The van der Waals surface area contributed by atoms with E-state index in [-0.39, 0.29) is 18.5 Å². The average molecular weight is 215 g/mol. The van der Waals surface area contributed by atoms with Crippen LogP contribution in [0.25, 0.3) is 0 Å². The summed E-state index contributed by atoms with van der Waals surface area (Å²) in [6, 6.07) is 0. The van der Waals surface area contributed by atoms with Crippen molar-refractivity contribution in [3.63, 3.8) is 0 Å². The number of likely N-dealkylation sites (N-methyl/N-ethyl adjacent to an activating group) is 2. The lowest BCUT2D eigenvalue weighted by Gasteiger charge is -2.20. The van der Waals surface area contributed by atoms with Crippen molar-refractivity contribution in [2.75, 3.05) is 33.7 Å². The van der Waals surface area contributed by atoms with E-state index in [0.29, 0.717) is 0 Å². The van der Waals surface area contributed by atoms with E-state index in [2.05, 4.69) is 5.32 Å². The highest BCUT2D eigenvalue weighted by Gasteiger charge is 2.21. The van der Waals surface area contributed by atoms with Crippen LogP contribution < -0.4 is 5.32 Å². The number of hydroxylamine groups is 2. The molecule has 0 spiro atoms. The minimum atomic E-state index is -0.376. The second-order valence-electron chi connectivity index (χ2n) is 3.51. The number of nitrogens with zero attached hydrogens (tertiary/aromatic N) is 2. The van der Waals surface area contributed by atoms with Crippen molar-refractivity contribution in [3.05, 3.63) is 0 Å². The van der Waals surface area contributed by atoms with Crippen molar-refractivity contribution in [3.8, 4) is 0 Å². The maximum Gasteiger partial charge on any atom is 0.428 e. The van der Waals surface area contributed by atoms with Gasteiger partial charge in [-0.1, -0.05) is 0 Å². The molecule has 2 amide bonds. The van der Waals surface area contributed by atoms with Gasteiger partial charge in [0.15, 0.2) is 0 Å². The summed E-state index contributed by atoms with van der Waals surface area (Å²) in [6.45, 7) is 1.54. The molecule has 6 heteroatoms. The predicted molar refractivity (Wildman–Crippen MR) is 54.0 cm³/mol. The average Bonchev–Trinajstić information content (AvgIpc) is 2.70. The Morgan fingerprint density at radius 2 is 2.00 bits per heavy atom. The summed E-state index contributed by atoms with van der Waals surface area (Å²) in [5.41, 5.74) is 0. The van der Waals surface area contributed by atoms with E-state index in [1.165, 1.54) is 5.06 Å². The van der Waals surface area contributed by atoms with Crippen LogP contribution in [0, 0.1) is 0 Å². The van der Waals surface area contributed by atoms with Gasteiger partial charge in [0.25, 0.3) is 0 Å². The molecule has 1 aliphatic heterocycles. The van der Waals surface area contributed by atoms with Gasteiger partial charge in [-0.15, -0.1) is 5.06 Å². The lowest BCUT2D eigenvalue weighted by Crippen LogP contribution is -2.38. The van der Waals surface area contributed by atoms with Crippen LogP contribution in [-0.2, 0) is 9.63 Å². The maximum absolute atomic E-state index is 11.5. The Morgan fingerprint density at radius 1 is 1.40 bits per heavy atom. The molecule has 0 saturated carbocycles. The van der Waals surface area contributed by atoms with Crippen molar-refractivity contribution >= 4 is 12.0 Å². The zero-order valence-electron chi connectivity index (χ0n) is 9.15. The smallest absolute Gasteiger partial charge is 0.358 e. The van der Waals surface area contributed by atoms with Crippen LogP contribution in [0.1, 0.15) is 12.8 Å². The van der Waals surface area contributed by atoms with Crippen LogP contribution in [0.2, 0.25) is 0 Å². The van der Waals surface area contributed by atoms with Crippen LogP contribution >= 0.6 is 0 Å². The fourth-order valence-electron chi connectivity index (χ4n) is 1.40. The number of nitrogens with one attached hydrogen (secondary N) is 1. The van der Waals surface area contributed by atoms with E-state index < -0.39 is 0 Å². The third-order valence-electron chi connectivity index (χ3n) is 2.24. The second kappa shape index (κ2) is 5.55.